The third kappa shape index (κ3) is 5.07. The van der Waals surface area contributed by atoms with Crippen LogP contribution in [0.25, 0.3) is 0 Å². The van der Waals surface area contributed by atoms with Crippen LogP contribution in [0.1, 0.15) is 20.8 Å². The monoisotopic (exact) mass is 339 g/mol. The standard InChI is InChI=1S/C7H12NO2.Au/c1-5(9)4-7(2,3)6(8)10;/h4H,1-3H3,(H2,8,10);/q-1;+1. The minimum absolute atomic E-state index is 0. The van der Waals surface area contributed by atoms with Gasteiger partial charge in [-0.3, -0.25) is 4.79 Å². The van der Waals surface area contributed by atoms with E-state index in [2.05, 4.69) is 0 Å². The zero-order valence-electron chi connectivity index (χ0n) is 6.77. The summed E-state index contributed by atoms with van der Waals surface area (Å²) >= 11 is 0. The molecular weight excluding hydrogens is 327 g/mol. The van der Waals surface area contributed by atoms with Gasteiger partial charge in [-0.2, -0.15) is 0 Å². The maximum Gasteiger partial charge on any atom is 1.00 e. The zero-order chi connectivity index (χ0) is 8.36. The molecule has 4 heteroatoms. The van der Waals surface area contributed by atoms with Crippen LogP contribution in [0, 0.1) is 11.8 Å². The molecule has 0 rings (SSSR count). The van der Waals surface area contributed by atoms with Crippen molar-refractivity contribution in [2.45, 2.75) is 20.8 Å². The predicted octanol–water partition coefficient (Wildman–Crippen LogP) is 0.289. The van der Waals surface area contributed by atoms with E-state index < -0.39 is 11.3 Å². The molecule has 1 amide bonds. The van der Waals surface area contributed by atoms with Crippen LogP contribution in [0.5, 0.6) is 0 Å². The number of ketones is 1. The van der Waals surface area contributed by atoms with Crippen molar-refractivity contribution in [2.75, 3.05) is 0 Å². The molecule has 3 nitrogen and oxygen atoms in total. The Morgan fingerprint density at radius 2 is 1.73 bits per heavy atom. The molecule has 0 aliphatic heterocycles. The molecule has 0 aromatic carbocycles. The van der Waals surface area contributed by atoms with E-state index in [1.165, 1.54) is 13.3 Å². The van der Waals surface area contributed by atoms with Gasteiger partial charge >= 0.3 is 22.4 Å². The molecule has 0 aromatic rings. The maximum atomic E-state index is 10.6. The van der Waals surface area contributed by atoms with Crippen LogP contribution in [-0.2, 0) is 32.0 Å². The van der Waals surface area contributed by atoms with Crippen molar-refractivity contribution in [3.05, 3.63) is 6.42 Å². The van der Waals surface area contributed by atoms with Crippen molar-refractivity contribution in [1.29, 1.82) is 0 Å². The summed E-state index contributed by atoms with van der Waals surface area (Å²) in [6.45, 7) is 4.61. The van der Waals surface area contributed by atoms with Crippen LogP contribution < -0.4 is 5.73 Å². The Balaban J connectivity index is 0. The van der Waals surface area contributed by atoms with Crippen molar-refractivity contribution in [2.24, 2.45) is 11.1 Å². The van der Waals surface area contributed by atoms with Crippen molar-refractivity contribution in [3.8, 4) is 0 Å². The summed E-state index contributed by atoms with van der Waals surface area (Å²) in [6, 6.07) is 0. The minimum atomic E-state index is -0.814. The normalized spacial score (nSPS) is 9.73. The molecule has 0 spiro atoms. The Morgan fingerprint density at radius 1 is 1.36 bits per heavy atom. The quantitative estimate of drug-likeness (QED) is 0.594. The SMILES string of the molecule is CC(=O)[CH-]C(C)(C)C(N)=O.[Au+]. The average Bonchev–Trinajstić information content (AvgIpc) is 1.60. The molecule has 68 valence electrons. The Hall–Kier alpha value is -0.250. The number of Topliss-reactive ketones (excluding diaryl/α,β-unsaturated/α-hetero) is 1. The van der Waals surface area contributed by atoms with Crippen LogP contribution in [0.2, 0.25) is 0 Å². The molecule has 0 unspecified atom stereocenters. The summed E-state index contributed by atoms with van der Waals surface area (Å²) in [5.41, 5.74) is 4.18. The van der Waals surface area contributed by atoms with Crippen molar-refractivity contribution < 1.29 is 32.0 Å². The first-order valence-electron chi connectivity index (χ1n) is 3.02. The molecular formula is C7H12AuNO2. The number of carbonyl (C=O) groups is 2. The van der Waals surface area contributed by atoms with Gasteiger partial charge in [-0.05, 0) is 12.7 Å². The van der Waals surface area contributed by atoms with E-state index in [-0.39, 0.29) is 28.2 Å². The zero-order valence-corrected chi connectivity index (χ0v) is 8.94. The van der Waals surface area contributed by atoms with Crippen LogP contribution in [0.4, 0.5) is 0 Å². The molecule has 0 heterocycles. The maximum absolute atomic E-state index is 10.6. The fraction of sp³-hybridized carbons (Fsp3) is 0.571. The van der Waals surface area contributed by atoms with Gasteiger partial charge in [0.15, 0.2) is 5.91 Å². The van der Waals surface area contributed by atoms with Gasteiger partial charge in [-0.25, -0.2) is 0 Å². The smallest absolute Gasteiger partial charge is 0.371 e. The third-order valence-electron chi connectivity index (χ3n) is 1.20. The Morgan fingerprint density at radius 3 is 1.82 bits per heavy atom. The van der Waals surface area contributed by atoms with E-state index in [0.717, 1.165) is 0 Å². The van der Waals surface area contributed by atoms with Crippen LogP contribution in [0.15, 0.2) is 0 Å². The van der Waals surface area contributed by atoms with Gasteiger partial charge in [0.2, 0.25) is 0 Å². The molecule has 2 N–H and O–H groups in total. The minimum Gasteiger partial charge on any atom is -0.371 e. The first-order valence-corrected chi connectivity index (χ1v) is 3.02. The molecule has 0 aliphatic rings. The van der Waals surface area contributed by atoms with E-state index in [4.69, 9.17) is 5.73 Å². The summed E-state index contributed by atoms with van der Waals surface area (Å²) in [7, 11) is 0. The van der Waals surface area contributed by atoms with Gasteiger partial charge in [0.05, 0.1) is 0 Å². The Bertz CT molecular complexity index is 166. The fourth-order valence-electron chi connectivity index (χ4n) is 0.579. The van der Waals surface area contributed by atoms with Crippen LogP contribution in [0.3, 0.4) is 0 Å². The Kier molecular flexibility index (Phi) is 5.57. The molecule has 0 fully saturated rings. The van der Waals surface area contributed by atoms with E-state index in [1.54, 1.807) is 13.8 Å². The molecule has 11 heavy (non-hydrogen) atoms. The molecule has 0 aliphatic carbocycles. The van der Waals surface area contributed by atoms with E-state index in [9.17, 15) is 9.59 Å². The van der Waals surface area contributed by atoms with E-state index in [0.29, 0.717) is 0 Å². The Labute approximate surface area is 82.2 Å². The van der Waals surface area contributed by atoms with Gasteiger partial charge in [-0.15, -0.1) is 0 Å². The summed E-state index contributed by atoms with van der Waals surface area (Å²) in [5.74, 6) is -0.619. The number of primary amides is 1. The largest absolute Gasteiger partial charge is 1.00 e. The second-order valence-corrected chi connectivity index (χ2v) is 2.84. The number of amides is 1. The van der Waals surface area contributed by atoms with Crippen LogP contribution in [-0.4, -0.2) is 11.7 Å². The number of hydrogen-bond donors (Lipinski definition) is 1. The number of nitrogens with two attached hydrogens (primary N) is 1. The summed E-state index contributed by atoms with van der Waals surface area (Å²) in [5, 5.41) is 0. The number of hydrogen-bond acceptors (Lipinski definition) is 2. The van der Waals surface area contributed by atoms with Gasteiger partial charge in [-0.1, -0.05) is 19.3 Å². The first-order chi connectivity index (χ1) is 4.36. The van der Waals surface area contributed by atoms with Crippen molar-refractivity contribution >= 4 is 11.7 Å². The average molecular weight is 339 g/mol. The van der Waals surface area contributed by atoms with E-state index >= 15 is 0 Å². The number of rotatable bonds is 3. The summed E-state index contributed by atoms with van der Waals surface area (Å²) in [4.78, 5) is 21.1. The first kappa shape index (κ1) is 13.3. The van der Waals surface area contributed by atoms with Gasteiger partial charge in [0, 0.05) is 0 Å². The van der Waals surface area contributed by atoms with Gasteiger partial charge in [0.25, 0.3) is 0 Å². The molecule has 0 saturated carbocycles. The van der Waals surface area contributed by atoms with Crippen molar-refractivity contribution in [3.63, 3.8) is 0 Å². The molecule has 0 bridgehead atoms. The predicted molar refractivity (Wildman–Crippen MR) is 38.0 cm³/mol. The van der Waals surface area contributed by atoms with Gasteiger partial charge in [0.1, 0.15) is 0 Å². The molecule has 0 saturated heterocycles. The molecule has 0 aromatic heterocycles. The van der Waals surface area contributed by atoms with E-state index in [1.807, 2.05) is 0 Å². The molecule has 0 radical (unpaired) electrons. The third-order valence-corrected chi connectivity index (χ3v) is 1.20. The fourth-order valence-corrected chi connectivity index (χ4v) is 0.579. The second kappa shape index (κ2) is 4.59. The summed E-state index contributed by atoms with van der Waals surface area (Å²) < 4.78 is 0. The summed E-state index contributed by atoms with van der Waals surface area (Å²) in [6.07, 6.45) is 1.31. The number of carbonyl (C=O) groups excluding carboxylic acids is 2. The topological polar surface area (TPSA) is 60.2 Å². The van der Waals surface area contributed by atoms with Gasteiger partial charge < -0.3 is 16.9 Å². The van der Waals surface area contributed by atoms with Crippen molar-refractivity contribution in [1.82, 2.24) is 0 Å². The second-order valence-electron chi connectivity index (χ2n) is 2.84. The van der Waals surface area contributed by atoms with Crippen LogP contribution >= 0.6 is 0 Å². The molecule has 0 atom stereocenters.